The van der Waals surface area contributed by atoms with E-state index >= 15 is 0 Å². The normalized spacial score (nSPS) is 12.0. The first kappa shape index (κ1) is 46.3. The fourth-order valence-electron chi connectivity index (χ4n) is 6.59. The standard InChI is InChI=1S/C22H17BrF3N3O2.C22H18BrF3N2O4/c1-12-11-29(13(2)27-12)19-9-6-16(23)10-18(19)20-21(30-14(3)28-20)15-4-7-17(8-5-15)31-22(24,25)26;1-12-11-28(13(2)27-12)19-9-6-16(23)10-18(19)20(30)21(31-14(3)29)15-4-7-17(8-5-15)32-22(24,25)26/h4-11H,1-3H3;4-11,21H,1-3H3. The maximum absolute atomic E-state index is 13.5. The molecule has 0 bridgehead atoms. The van der Waals surface area contributed by atoms with Crippen molar-refractivity contribution in [3.05, 3.63) is 146 Å². The Balaban J connectivity index is 0.000000210. The third-order valence-electron chi connectivity index (χ3n) is 8.98. The predicted molar refractivity (Wildman–Crippen MR) is 226 cm³/mol. The number of Topliss-reactive ketones (excluding diaryl/α,β-unsaturated/α-hetero) is 1. The van der Waals surface area contributed by atoms with E-state index < -0.39 is 36.3 Å². The Hall–Kier alpha value is -6.21. The van der Waals surface area contributed by atoms with Gasteiger partial charge in [0.05, 0.1) is 22.8 Å². The maximum atomic E-state index is 13.5. The Bertz CT molecular complexity index is 2780. The van der Waals surface area contributed by atoms with E-state index in [4.69, 9.17) is 9.15 Å². The van der Waals surface area contributed by atoms with Crippen molar-refractivity contribution in [2.75, 3.05) is 0 Å². The minimum Gasteiger partial charge on any atom is -0.449 e. The lowest BCUT2D eigenvalue weighted by Crippen LogP contribution is -2.21. The second-order valence-electron chi connectivity index (χ2n) is 13.9. The van der Waals surface area contributed by atoms with Crippen LogP contribution in [0.25, 0.3) is 34.0 Å². The summed E-state index contributed by atoms with van der Waals surface area (Å²) < 4.78 is 98.8. The molecule has 0 fully saturated rings. The number of hydrogen-bond donors (Lipinski definition) is 0. The average molecular weight is 1000 g/mol. The van der Waals surface area contributed by atoms with Gasteiger partial charge in [0.15, 0.2) is 17.8 Å². The number of hydrogen-bond acceptors (Lipinski definition) is 9. The van der Waals surface area contributed by atoms with E-state index in [9.17, 15) is 35.9 Å². The molecule has 63 heavy (non-hydrogen) atoms. The van der Waals surface area contributed by atoms with E-state index in [1.807, 2.05) is 49.7 Å². The van der Waals surface area contributed by atoms with Crippen LogP contribution in [0.5, 0.6) is 11.5 Å². The summed E-state index contributed by atoms with van der Waals surface area (Å²) in [6.45, 7) is 10.3. The summed E-state index contributed by atoms with van der Waals surface area (Å²) in [5.74, 6) is 0.324. The van der Waals surface area contributed by atoms with Gasteiger partial charge in [0, 0.05) is 57.4 Å². The van der Waals surface area contributed by atoms with Crippen LogP contribution in [0.3, 0.4) is 0 Å². The minimum atomic E-state index is -4.85. The van der Waals surface area contributed by atoms with Gasteiger partial charge in [0.25, 0.3) is 0 Å². The molecule has 0 amide bonds. The van der Waals surface area contributed by atoms with Crippen molar-refractivity contribution in [1.29, 1.82) is 0 Å². The first-order valence-corrected chi connectivity index (χ1v) is 20.2. The number of rotatable bonds is 10. The topological polar surface area (TPSA) is 124 Å². The molecule has 4 aromatic carbocycles. The molecule has 3 aromatic heterocycles. The highest BCUT2D eigenvalue weighted by Gasteiger charge is 2.33. The molecule has 1 unspecified atom stereocenters. The summed E-state index contributed by atoms with van der Waals surface area (Å²) >= 11 is 6.86. The molecular weight excluding hydrogens is 968 g/mol. The van der Waals surface area contributed by atoms with Crippen LogP contribution < -0.4 is 9.47 Å². The number of carbonyl (C=O) groups excluding carboxylic acids is 2. The molecule has 0 N–H and O–H groups in total. The Morgan fingerprint density at radius 2 is 1.16 bits per heavy atom. The SMILES string of the molecule is CC(=O)OC(C(=O)c1cc(Br)ccc1-n1cc(C)nc1C)c1ccc(OC(F)(F)F)cc1.Cc1cn(-c2ccc(Br)cc2-c2nc(C)oc2-c2ccc(OC(F)(F)F)cc2)c(C)n1. The number of ketones is 1. The van der Waals surface area contributed by atoms with Crippen LogP contribution >= 0.6 is 31.9 Å². The van der Waals surface area contributed by atoms with Gasteiger partial charge in [-0.3, -0.25) is 9.59 Å². The van der Waals surface area contributed by atoms with E-state index in [0.29, 0.717) is 38.9 Å². The van der Waals surface area contributed by atoms with Gasteiger partial charge in [-0.05, 0) is 100 Å². The first-order valence-electron chi connectivity index (χ1n) is 18.6. The number of carbonyl (C=O) groups is 2. The van der Waals surface area contributed by atoms with Crippen LogP contribution in [0.4, 0.5) is 26.3 Å². The molecule has 19 heteroatoms. The second-order valence-corrected chi connectivity index (χ2v) is 15.7. The average Bonchev–Trinajstić information content (AvgIpc) is 3.86. The van der Waals surface area contributed by atoms with Crippen LogP contribution in [0.15, 0.2) is 111 Å². The van der Waals surface area contributed by atoms with Crippen molar-refractivity contribution in [3.8, 4) is 45.5 Å². The van der Waals surface area contributed by atoms with E-state index in [0.717, 1.165) is 52.0 Å². The van der Waals surface area contributed by atoms with Crippen molar-refractivity contribution in [3.63, 3.8) is 0 Å². The number of aromatic nitrogens is 5. The zero-order chi connectivity index (χ0) is 46.0. The first-order chi connectivity index (χ1) is 29.5. The zero-order valence-corrected chi connectivity index (χ0v) is 37.2. The Morgan fingerprint density at radius 3 is 1.65 bits per heavy atom. The number of ether oxygens (including phenoxy) is 3. The minimum absolute atomic E-state index is 0.198. The van der Waals surface area contributed by atoms with Gasteiger partial charge in [-0.15, -0.1) is 26.3 Å². The molecule has 3 heterocycles. The van der Waals surface area contributed by atoms with E-state index in [1.54, 1.807) is 42.8 Å². The van der Waals surface area contributed by atoms with Gasteiger partial charge in [-0.1, -0.05) is 44.0 Å². The van der Waals surface area contributed by atoms with Crippen LogP contribution in [-0.4, -0.2) is 48.6 Å². The van der Waals surface area contributed by atoms with E-state index in [1.165, 1.54) is 36.4 Å². The molecule has 11 nitrogen and oxygen atoms in total. The highest BCUT2D eigenvalue weighted by Crippen LogP contribution is 2.39. The van der Waals surface area contributed by atoms with Gasteiger partial charge in [0.1, 0.15) is 28.8 Å². The van der Waals surface area contributed by atoms with Crippen LogP contribution in [0, 0.1) is 34.6 Å². The third kappa shape index (κ3) is 11.6. The highest BCUT2D eigenvalue weighted by atomic mass is 79.9. The molecule has 328 valence electrons. The number of oxazole rings is 1. The number of aryl methyl sites for hydroxylation is 5. The van der Waals surface area contributed by atoms with Crippen molar-refractivity contribution in [2.24, 2.45) is 0 Å². The molecule has 0 aliphatic rings. The quantitative estimate of drug-likeness (QED) is 0.0748. The number of nitrogens with zero attached hydrogens (tertiary/aromatic N) is 5. The van der Waals surface area contributed by atoms with Crippen LogP contribution in [0.1, 0.15) is 57.9 Å². The second kappa shape index (κ2) is 18.6. The number of alkyl halides is 6. The molecule has 0 saturated carbocycles. The van der Waals surface area contributed by atoms with Gasteiger partial charge in [0.2, 0.25) is 5.78 Å². The van der Waals surface area contributed by atoms with Crippen molar-refractivity contribution >= 4 is 43.6 Å². The van der Waals surface area contributed by atoms with Gasteiger partial charge < -0.3 is 27.8 Å². The molecule has 0 aliphatic carbocycles. The summed E-state index contributed by atoms with van der Waals surface area (Å²) in [4.78, 5) is 38.6. The van der Waals surface area contributed by atoms with Crippen molar-refractivity contribution in [1.82, 2.24) is 24.1 Å². The largest absolute Gasteiger partial charge is 0.573 e. The van der Waals surface area contributed by atoms with Crippen molar-refractivity contribution in [2.45, 2.75) is 60.4 Å². The van der Waals surface area contributed by atoms with Gasteiger partial charge in [-0.25, -0.2) is 15.0 Å². The summed E-state index contributed by atoms with van der Waals surface area (Å²) in [6.07, 6.45) is -7.28. The molecule has 0 radical (unpaired) electrons. The maximum Gasteiger partial charge on any atom is 0.573 e. The molecule has 1 atom stereocenters. The van der Waals surface area contributed by atoms with Crippen LogP contribution in [-0.2, 0) is 9.53 Å². The van der Waals surface area contributed by atoms with Crippen LogP contribution in [0.2, 0.25) is 0 Å². The number of esters is 1. The number of imidazole rings is 2. The summed E-state index contributed by atoms with van der Waals surface area (Å²) in [5, 5.41) is 0. The van der Waals surface area contributed by atoms with Gasteiger partial charge in [-0.2, -0.15) is 0 Å². The lowest BCUT2D eigenvalue weighted by molar-refractivity contribution is -0.275. The van der Waals surface area contributed by atoms with Crippen molar-refractivity contribution < 1.29 is 54.6 Å². The Kier molecular flexibility index (Phi) is 13.7. The Labute approximate surface area is 372 Å². The Morgan fingerprint density at radius 1 is 0.667 bits per heavy atom. The van der Waals surface area contributed by atoms with E-state index in [-0.39, 0.29) is 16.9 Å². The number of halogens is 8. The smallest absolute Gasteiger partial charge is 0.449 e. The molecule has 7 rings (SSSR count). The molecule has 7 aromatic rings. The molecule has 0 saturated heterocycles. The number of benzene rings is 4. The van der Waals surface area contributed by atoms with Gasteiger partial charge >= 0.3 is 18.7 Å². The van der Waals surface area contributed by atoms with E-state index in [2.05, 4.69) is 56.3 Å². The summed E-state index contributed by atoms with van der Waals surface area (Å²) in [5.41, 5.74) is 5.38. The third-order valence-corrected chi connectivity index (χ3v) is 9.97. The molecule has 0 aliphatic heterocycles. The highest BCUT2D eigenvalue weighted by molar-refractivity contribution is 9.10. The lowest BCUT2D eigenvalue weighted by atomic mass is 9.98. The summed E-state index contributed by atoms with van der Waals surface area (Å²) in [7, 11) is 0. The summed E-state index contributed by atoms with van der Waals surface area (Å²) in [6, 6.07) is 21.0. The lowest BCUT2D eigenvalue weighted by Gasteiger charge is -2.19. The fraction of sp³-hybridized carbons (Fsp3) is 0.205. The monoisotopic (exact) mass is 1000 g/mol. The predicted octanol–water partition coefficient (Wildman–Crippen LogP) is 12.4. The zero-order valence-electron chi connectivity index (χ0n) is 34.0. The molecule has 0 spiro atoms. The molecular formula is C44H35Br2F6N5O6. The fourth-order valence-corrected chi connectivity index (χ4v) is 7.31.